The van der Waals surface area contributed by atoms with Crippen molar-refractivity contribution in [2.45, 2.75) is 32.6 Å². The summed E-state index contributed by atoms with van der Waals surface area (Å²) < 4.78 is 5.27. The van der Waals surface area contributed by atoms with Crippen molar-refractivity contribution in [2.75, 3.05) is 7.11 Å². The molecule has 1 amide bonds. The summed E-state index contributed by atoms with van der Waals surface area (Å²) in [4.78, 5) is 11.0. The summed E-state index contributed by atoms with van der Waals surface area (Å²) in [5.41, 5.74) is 4.56. The lowest BCUT2D eigenvalue weighted by molar-refractivity contribution is -0.121. The van der Waals surface area contributed by atoms with Crippen molar-refractivity contribution in [1.29, 1.82) is 0 Å². The SMILES string of the molecule is CCc1cc(CCCC(=O)NN)ccc1OC. The lowest BCUT2D eigenvalue weighted by Gasteiger charge is -2.09. The Bertz CT molecular complexity index is 378. The molecule has 0 heterocycles. The maximum absolute atomic E-state index is 11.0. The molecule has 94 valence electrons. The minimum Gasteiger partial charge on any atom is -0.496 e. The Kier molecular flexibility index (Phi) is 5.49. The molecule has 4 heteroatoms. The van der Waals surface area contributed by atoms with Crippen LogP contribution in [0.15, 0.2) is 18.2 Å². The highest BCUT2D eigenvalue weighted by molar-refractivity contribution is 5.75. The van der Waals surface area contributed by atoms with Gasteiger partial charge in [-0.3, -0.25) is 10.2 Å². The van der Waals surface area contributed by atoms with Crippen molar-refractivity contribution in [3.05, 3.63) is 29.3 Å². The number of methoxy groups -OCH3 is 1. The number of carbonyl (C=O) groups excluding carboxylic acids is 1. The molecule has 1 rings (SSSR count). The van der Waals surface area contributed by atoms with Gasteiger partial charge in [-0.2, -0.15) is 0 Å². The van der Waals surface area contributed by atoms with Gasteiger partial charge in [0, 0.05) is 6.42 Å². The summed E-state index contributed by atoms with van der Waals surface area (Å²) in [5.74, 6) is 5.83. The normalized spacial score (nSPS) is 10.1. The number of amides is 1. The molecule has 0 saturated heterocycles. The van der Waals surface area contributed by atoms with Crippen molar-refractivity contribution in [3.63, 3.8) is 0 Å². The summed E-state index contributed by atoms with van der Waals surface area (Å²) in [5, 5.41) is 0. The van der Waals surface area contributed by atoms with Crippen molar-refractivity contribution >= 4 is 5.91 Å². The molecule has 0 bridgehead atoms. The maximum atomic E-state index is 11.0. The van der Waals surface area contributed by atoms with E-state index < -0.39 is 0 Å². The lowest BCUT2D eigenvalue weighted by atomic mass is 10.0. The summed E-state index contributed by atoms with van der Waals surface area (Å²) in [6.45, 7) is 2.10. The van der Waals surface area contributed by atoms with E-state index in [1.54, 1.807) is 7.11 Å². The Hall–Kier alpha value is -1.55. The third kappa shape index (κ3) is 4.07. The van der Waals surface area contributed by atoms with Gasteiger partial charge in [0.2, 0.25) is 5.91 Å². The average Bonchev–Trinajstić information content (AvgIpc) is 2.38. The number of aryl methyl sites for hydroxylation is 2. The van der Waals surface area contributed by atoms with E-state index >= 15 is 0 Å². The Morgan fingerprint density at radius 3 is 2.82 bits per heavy atom. The summed E-state index contributed by atoms with van der Waals surface area (Å²) >= 11 is 0. The molecule has 0 unspecified atom stereocenters. The molecule has 0 aliphatic carbocycles. The molecule has 17 heavy (non-hydrogen) atoms. The smallest absolute Gasteiger partial charge is 0.233 e. The number of benzene rings is 1. The number of rotatable bonds is 6. The van der Waals surface area contributed by atoms with Gasteiger partial charge >= 0.3 is 0 Å². The highest BCUT2D eigenvalue weighted by Crippen LogP contribution is 2.21. The van der Waals surface area contributed by atoms with Crippen molar-refractivity contribution < 1.29 is 9.53 Å². The Morgan fingerprint density at radius 1 is 1.47 bits per heavy atom. The second-order valence-electron chi connectivity index (χ2n) is 3.92. The quantitative estimate of drug-likeness (QED) is 0.447. The van der Waals surface area contributed by atoms with E-state index in [4.69, 9.17) is 10.6 Å². The Labute approximate surface area is 102 Å². The molecule has 1 aromatic rings. The van der Waals surface area contributed by atoms with Crippen LogP contribution in [0.1, 0.15) is 30.9 Å². The number of carbonyl (C=O) groups is 1. The van der Waals surface area contributed by atoms with Crippen LogP contribution in [0.4, 0.5) is 0 Å². The van der Waals surface area contributed by atoms with E-state index in [0.29, 0.717) is 6.42 Å². The highest BCUT2D eigenvalue weighted by Gasteiger charge is 2.04. The van der Waals surface area contributed by atoms with E-state index in [1.165, 1.54) is 11.1 Å². The third-order valence-electron chi connectivity index (χ3n) is 2.76. The van der Waals surface area contributed by atoms with Crippen LogP contribution < -0.4 is 16.0 Å². The zero-order chi connectivity index (χ0) is 12.7. The van der Waals surface area contributed by atoms with Crippen LogP contribution in [0, 0.1) is 0 Å². The number of nitrogens with one attached hydrogen (secondary N) is 1. The summed E-state index contributed by atoms with van der Waals surface area (Å²) in [6, 6.07) is 6.16. The molecular formula is C13H20N2O2. The van der Waals surface area contributed by atoms with Crippen molar-refractivity contribution in [2.24, 2.45) is 5.84 Å². The summed E-state index contributed by atoms with van der Waals surface area (Å²) in [7, 11) is 1.68. The highest BCUT2D eigenvalue weighted by atomic mass is 16.5. The van der Waals surface area contributed by atoms with Gasteiger partial charge in [0.1, 0.15) is 5.75 Å². The number of ether oxygens (including phenoxy) is 1. The van der Waals surface area contributed by atoms with E-state index in [0.717, 1.165) is 25.0 Å². The van der Waals surface area contributed by atoms with Crippen LogP contribution in [-0.4, -0.2) is 13.0 Å². The topological polar surface area (TPSA) is 64.4 Å². The van der Waals surface area contributed by atoms with Crippen LogP contribution >= 0.6 is 0 Å². The lowest BCUT2D eigenvalue weighted by Crippen LogP contribution is -2.29. The number of hydrogen-bond acceptors (Lipinski definition) is 3. The van der Waals surface area contributed by atoms with Gasteiger partial charge in [-0.15, -0.1) is 0 Å². The molecule has 0 atom stereocenters. The zero-order valence-corrected chi connectivity index (χ0v) is 10.5. The second kappa shape index (κ2) is 6.91. The van der Waals surface area contributed by atoms with Crippen LogP contribution in [0.3, 0.4) is 0 Å². The zero-order valence-electron chi connectivity index (χ0n) is 10.5. The molecule has 0 radical (unpaired) electrons. The fourth-order valence-corrected chi connectivity index (χ4v) is 1.79. The van der Waals surface area contributed by atoms with Gasteiger partial charge in [0.25, 0.3) is 0 Å². The first-order valence-electron chi connectivity index (χ1n) is 5.86. The fourth-order valence-electron chi connectivity index (χ4n) is 1.79. The Balaban J connectivity index is 2.57. The molecule has 0 saturated carbocycles. The minimum absolute atomic E-state index is 0.116. The second-order valence-corrected chi connectivity index (χ2v) is 3.92. The molecule has 4 nitrogen and oxygen atoms in total. The van der Waals surface area contributed by atoms with Gasteiger partial charge < -0.3 is 4.74 Å². The molecule has 0 fully saturated rings. The van der Waals surface area contributed by atoms with Gasteiger partial charge in [0.05, 0.1) is 7.11 Å². The van der Waals surface area contributed by atoms with Crippen LogP contribution in [-0.2, 0) is 17.6 Å². The van der Waals surface area contributed by atoms with Crippen LogP contribution in [0.2, 0.25) is 0 Å². The predicted molar refractivity (Wildman–Crippen MR) is 67.6 cm³/mol. The predicted octanol–water partition coefficient (Wildman–Crippen LogP) is 1.57. The molecule has 1 aromatic carbocycles. The first kappa shape index (κ1) is 13.5. The number of nitrogens with two attached hydrogens (primary N) is 1. The average molecular weight is 236 g/mol. The van der Waals surface area contributed by atoms with Crippen molar-refractivity contribution in [1.82, 2.24) is 5.43 Å². The van der Waals surface area contributed by atoms with Gasteiger partial charge in [-0.05, 0) is 36.5 Å². The van der Waals surface area contributed by atoms with Gasteiger partial charge in [0.15, 0.2) is 0 Å². The first-order valence-corrected chi connectivity index (χ1v) is 5.86. The maximum Gasteiger partial charge on any atom is 0.233 e. The largest absolute Gasteiger partial charge is 0.496 e. The molecule has 0 spiro atoms. The van der Waals surface area contributed by atoms with E-state index in [2.05, 4.69) is 18.4 Å². The molecule has 0 aromatic heterocycles. The summed E-state index contributed by atoms with van der Waals surface area (Å²) in [6.07, 6.45) is 3.09. The molecule has 0 aliphatic rings. The van der Waals surface area contributed by atoms with Crippen LogP contribution in [0.25, 0.3) is 0 Å². The molecule has 0 aliphatic heterocycles. The fraction of sp³-hybridized carbons (Fsp3) is 0.462. The standard InChI is InChI=1S/C13H20N2O2/c1-3-11-9-10(7-8-12(11)17-2)5-4-6-13(16)15-14/h7-9H,3-6,14H2,1-2H3,(H,15,16). The number of hydrogen-bond donors (Lipinski definition) is 2. The Morgan fingerprint density at radius 2 is 2.24 bits per heavy atom. The van der Waals surface area contributed by atoms with E-state index in [-0.39, 0.29) is 5.91 Å². The number of hydrazine groups is 1. The van der Waals surface area contributed by atoms with Crippen molar-refractivity contribution in [3.8, 4) is 5.75 Å². The molecular weight excluding hydrogens is 216 g/mol. The third-order valence-corrected chi connectivity index (χ3v) is 2.76. The first-order chi connectivity index (χ1) is 8.21. The molecule has 3 N–H and O–H groups in total. The van der Waals surface area contributed by atoms with E-state index in [1.807, 2.05) is 12.1 Å². The monoisotopic (exact) mass is 236 g/mol. The van der Waals surface area contributed by atoms with Crippen LogP contribution in [0.5, 0.6) is 5.75 Å². The van der Waals surface area contributed by atoms with E-state index in [9.17, 15) is 4.79 Å². The minimum atomic E-state index is -0.116. The van der Waals surface area contributed by atoms with Gasteiger partial charge in [-0.25, -0.2) is 5.84 Å². The van der Waals surface area contributed by atoms with Gasteiger partial charge in [-0.1, -0.05) is 19.1 Å².